The number of halogens is 3. The third-order valence-corrected chi connectivity index (χ3v) is 2.79. The van der Waals surface area contributed by atoms with Gasteiger partial charge in [0.25, 0.3) is 5.91 Å². The fourth-order valence-corrected chi connectivity index (χ4v) is 1.70. The van der Waals surface area contributed by atoms with Crippen LogP contribution in [0.1, 0.15) is 30.6 Å². The molecule has 0 saturated heterocycles. The lowest BCUT2D eigenvalue weighted by atomic mass is 10.1. The van der Waals surface area contributed by atoms with E-state index in [1.165, 1.54) is 0 Å². The van der Waals surface area contributed by atoms with Crippen molar-refractivity contribution in [2.75, 3.05) is 7.11 Å². The van der Waals surface area contributed by atoms with Crippen molar-refractivity contribution >= 4 is 11.9 Å². The number of allylic oxidation sites excluding steroid dienone is 1. The Morgan fingerprint density at radius 2 is 1.77 bits per heavy atom. The summed E-state index contributed by atoms with van der Waals surface area (Å²) in [5.74, 6) is -5.75. The lowest BCUT2D eigenvalue weighted by Gasteiger charge is -2.15. The van der Waals surface area contributed by atoms with E-state index < -0.39 is 40.9 Å². The second-order valence-corrected chi connectivity index (χ2v) is 4.81. The SMILES string of the molecule is COC(=O)[C@@H](CC=C(C)C)NC(=O)c1c(F)cc(F)cc1F. The summed E-state index contributed by atoms with van der Waals surface area (Å²) in [5.41, 5.74) is -0.0604. The molecule has 1 aromatic carbocycles. The highest BCUT2D eigenvalue weighted by atomic mass is 19.1. The quantitative estimate of drug-likeness (QED) is 0.671. The molecule has 0 radical (unpaired) electrons. The van der Waals surface area contributed by atoms with Crippen molar-refractivity contribution in [3.8, 4) is 0 Å². The van der Waals surface area contributed by atoms with E-state index in [1.807, 2.05) is 0 Å². The zero-order chi connectivity index (χ0) is 16.9. The van der Waals surface area contributed by atoms with Crippen molar-refractivity contribution in [3.63, 3.8) is 0 Å². The fraction of sp³-hybridized carbons (Fsp3) is 0.333. The van der Waals surface area contributed by atoms with Crippen LogP contribution in [-0.4, -0.2) is 25.0 Å². The van der Waals surface area contributed by atoms with Crippen LogP contribution in [0.2, 0.25) is 0 Å². The van der Waals surface area contributed by atoms with Crippen LogP contribution in [0.25, 0.3) is 0 Å². The van der Waals surface area contributed by atoms with Gasteiger partial charge >= 0.3 is 5.97 Å². The molecule has 1 amide bonds. The number of amides is 1. The van der Waals surface area contributed by atoms with Crippen molar-refractivity contribution in [1.29, 1.82) is 0 Å². The number of esters is 1. The maximum atomic E-state index is 13.5. The molecule has 1 aromatic rings. The summed E-state index contributed by atoms with van der Waals surface area (Å²) in [4.78, 5) is 23.5. The van der Waals surface area contributed by atoms with E-state index in [1.54, 1.807) is 19.9 Å². The Bertz CT molecular complexity index is 587. The normalized spacial score (nSPS) is 11.5. The van der Waals surface area contributed by atoms with Gasteiger partial charge < -0.3 is 10.1 Å². The van der Waals surface area contributed by atoms with E-state index in [-0.39, 0.29) is 6.42 Å². The van der Waals surface area contributed by atoms with Gasteiger partial charge in [-0.2, -0.15) is 0 Å². The second kappa shape index (κ2) is 7.63. The summed E-state index contributed by atoms with van der Waals surface area (Å²) in [5, 5.41) is 2.18. The molecule has 1 rings (SSSR count). The zero-order valence-corrected chi connectivity index (χ0v) is 12.4. The molecule has 1 atom stereocenters. The van der Waals surface area contributed by atoms with Gasteiger partial charge in [0.05, 0.1) is 7.11 Å². The topological polar surface area (TPSA) is 55.4 Å². The lowest BCUT2D eigenvalue weighted by Crippen LogP contribution is -2.41. The highest BCUT2D eigenvalue weighted by Crippen LogP contribution is 2.15. The summed E-state index contributed by atoms with van der Waals surface area (Å²) >= 11 is 0. The first-order chi connectivity index (χ1) is 10.3. The number of nitrogens with one attached hydrogen (secondary N) is 1. The molecule has 0 unspecified atom stereocenters. The summed E-state index contributed by atoms with van der Waals surface area (Å²) in [7, 11) is 1.13. The molecular weight excluding hydrogens is 299 g/mol. The van der Waals surface area contributed by atoms with E-state index in [2.05, 4.69) is 10.1 Å². The highest BCUT2D eigenvalue weighted by molar-refractivity contribution is 5.97. The largest absolute Gasteiger partial charge is 0.467 e. The van der Waals surface area contributed by atoms with E-state index in [9.17, 15) is 22.8 Å². The molecule has 0 bridgehead atoms. The molecule has 22 heavy (non-hydrogen) atoms. The molecular formula is C15H16F3NO3. The van der Waals surface area contributed by atoms with Crippen LogP contribution in [0.15, 0.2) is 23.8 Å². The second-order valence-electron chi connectivity index (χ2n) is 4.81. The molecule has 0 aliphatic carbocycles. The number of hydrogen-bond acceptors (Lipinski definition) is 3. The van der Waals surface area contributed by atoms with Crippen LogP contribution >= 0.6 is 0 Å². The fourth-order valence-electron chi connectivity index (χ4n) is 1.70. The van der Waals surface area contributed by atoms with Gasteiger partial charge in [-0.25, -0.2) is 18.0 Å². The molecule has 1 N–H and O–H groups in total. The number of carbonyl (C=O) groups excluding carboxylic acids is 2. The average molecular weight is 315 g/mol. The number of ether oxygens (including phenoxy) is 1. The van der Waals surface area contributed by atoms with E-state index >= 15 is 0 Å². The molecule has 0 saturated carbocycles. The smallest absolute Gasteiger partial charge is 0.328 e. The Morgan fingerprint density at radius 3 is 2.23 bits per heavy atom. The van der Waals surface area contributed by atoms with Crippen LogP contribution in [0, 0.1) is 17.5 Å². The Hall–Kier alpha value is -2.31. The van der Waals surface area contributed by atoms with Crippen molar-refractivity contribution < 1.29 is 27.5 Å². The van der Waals surface area contributed by atoms with Crippen LogP contribution in [0.5, 0.6) is 0 Å². The highest BCUT2D eigenvalue weighted by Gasteiger charge is 2.25. The zero-order valence-electron chi connectivity index (χ0n) is 12.4. The molecule has 4 nitrogen and oxygen atoms in total. The molecule has 0 heterocycles. The summed E-state index contributed by atoms with van der Waals surface area (Å²) in [6, 6.07) is -0.320. The van der Waals surface area contributed by atoms with Gasteiger partial charge in [-0.1, -0.05) is 11.6 Å². The summed E-state index contributed by atoms with van der Waals surface area (Å²) in [6.07, 6.45) is 1.77. The molecule has 0 spiro atoms. The molecule has 120 valence electrons. The van der Waals surface area contributed by atoms with Crippen molar-refractivity contribution in [1.82, 2.24) is 5.32 Å². The average Bonchev–Trinajstić information content (AvgIpc) is 2.41. The van der Waals surface area contributed by atoms with Crippen molar-refractivity contribution in [3.05, 3.63) is 46.8 Å². The van der Waals surface area contributed by atoms with Gasteiger partial charge in [0.1, 0.15) is 29.1 Å². The van der Waals surface area contributed by atoms with E-state index in [0.717, 1.165) is 12.7 Å². The van der Waals surface area contributed by atoms with Crippen molar-refractivity contribution in [2.45, 2.75) is 26.3 Å². The van der Waals surface area contributed by atoms with Crippen molar-refractivity contribution in [2.24, 2.45) is 0 Å². The Morgan fingerprint density at radius 1 is 1.23 bits per heavy atom. The molecule has 0 aliphatic rings. The minimum atomic E-state index is -1.35. The Balaban J connectivity index is 3.01. The maximum absolute atomic E-state index is 13.5. The van der Waals surface area contributed by atoms with Gasteiger partial charge in [0.2, 0.25) is 0 Å². The Labute approximate surface area is 126 Å². The Kier molecular flexibility index (Phi) is 6.15. The third kappa shape index (κ3) is 4.61. The third-order valence-electron chi connectivity index (χ3n) is 2.79. The number of rotatable bonds is 5. The summed E-state index contributed by atoms with van der Waals surface area (Å²) in [6.45, 7) is 3.57. The predicted molar refractivity (Wildman–Crippen MR) is 73.6 cm³/mol. The van der Waals surface area contributed by atoms with Gasteiger partial charge in [0, 0.05) is 12.1 Å². The van der Waals surface area contributed by atoms with Gasteiger partial charge in [-0.05, 0) is 20.3 Å². The number of benzene rings is 1. The van der Waals surface area contributed by atoms with E-state index in [0.29, 0.717) is 12.1 Å². The monoisotopic (exact) mass is 315 g/mol. The molecule has 0 fully saturated rings. The minimum Gasteiger partial charge on any atom is -0.467 e. The van der Waals surface area contributed by atoms with Crippen LogP contribution in [-0.2, 0) is 9.53 Å². The first kappa shape index (κ1) is 17.7. The number of methoxy groups -OCH3 is 1. The minimum absolute atomic E-state index is 0.102. The van der Waals surface area contributed by atoms with Gasteiger partial charge in [-0.15, -0.1) is 0 Å². The predicted octanol–water partition coefficient (Wildman–Crippen LogP) is 2.73. The van der Waals surface area contributed by atoms with E-state index in [4.69, 9.17) is 0 Å². The van der Waals surface area contributed by atoms with Gasteiger partial charge in [-0.3, -0.25) is 4.79 Å². The standard InChI is InChI=1S/C15H16F3NO3/c1-8(2)4-5-12(15(21)22-3)19-14(20)13-10(17)6-9(16)7-11(13)18/h4,6-7,12H,5H2,1-3H3,(H,19,20)/t12-/m1/s1. The van der Waals surface area contributed by atoms with Gasteiger partial charge in [0.15, 0.2) is 0 Å². The maximum Gasteiger partial charge on any atom is 0.328 e. The lowest BCUT2D eigenvalue weighted by molar-refractivity contribution is -0.142. The summed E-state index contributed by atoms with van der Waals surface area (Å²) < 4.78 is 44.4. The molecule has 7 heteroatoms. The van der Waals surface area contributed by atoms with Crippen LogP contribution in [0.4, 0.5) is 13.2 Å². The molecule has 0 aliphatic heterocycles. The number of hydrogen-bond donors (Lipinski definition) is 1. The van der Waals surface area contributed by atoms with Crippen LogP contribution in [0.3, 0.4) is 0 Å². The molecule has 0 aromatic heterocycles. The first-order valence-electron chi connectivity index (χ1n) is 6.42. The first-order valence-corrected chi connectivity index (χ1v) is 6.42. The number of carbonyl (C=O) groups is 2. The van der Waals surface area contributed by atoms with Crippen LogP contribution < -0.4 is 5.32 Å².